The molecule has 3 nitrogen and oxygen atoms in total. The summed E-state index contributed by atoms with van der Waals surface area (Å²) in [7, 11) is 0. The monoisotopic (exact) mass is 285 g/mol. The molecule has 1 saturated heterocycles. The lowest BCUT2D eigenvalue weighted by Crippen LogP contribution is -2.47. The number of hydrogen-bond acceptors (Lipinski definition) is 3. The Morgan fingerprint density at radius 3 is 1.95 bits per heavy atom. The minimum absolute atomic E-state index is 0.145. The van der Waals surface area contributed by atoms with Crippen molar-refractivity contribution in [1.82, 2.24) is 0 Å². The van der Waals surface area contributed by atoms with Crippen LogP contribution in [0.15, 0.2) is 48.5 Å². The molecule has 2 aromatic rings. The van der Waals surface area contributed by atoms with E-state index in [9.17, 15) is 4.39 Å². The molecule has 1 heterocycles. The molecule has 1 aliphatic heterocycles. The Morgan fingerprint density at radius 2 is 1.33 bits per heavy atom. The Labute approximate surface area is 124 Å². The van der Waals surface area contributed by atoms with E-state index in [2.05, 4.69) is 21.9 Å². The highest BCUT2D eigenvalue weighted by molar-refractivity contribution is 5.56. The van der Waals surface area contributed by atoms with E-state index in [0.717, 1.165) is 31.7 Å². The Hall–Kier alpha value is -2.07. The smallest absolute Gasteiger partial charge is 0.146 e. The third-order valence-electron chi connectivity index (χ3n) is 4.03. The van der Waals surface area contributed by atoms with Gasteiger partial charge in [-0.1, -0.05) is 30.3 Å². The predicted molar refractivity (Wildman–Crippen MR) is 85.2 cm³/mol. The van der Waals surface area contributed by atoms with Crippen LogP contribution < -0.4 is 15.5 Å². The molecule has 0 saturated carbocycles. The predicted octanol–water partition coefficient (Wildman–Crippen LogP) is 2.61. The summed E-state index contributed by atoms with van der Waals surface area (Å²) in [5.74, 6) is -0.145. The number of rotatable bonds is 3. The second kappa shape index (κ2) is 6.14. The van der Waals surface area contributed by atoms with Crippen LogP contribution >= 0.6 is 0 Å². The summed E-state index contributed by atoms with van der Waals surface area (Å²) >= 11 is 0. The van der Waals surface area contributed by atoms with Gasteiger partial charge in [0.25, 0.3) is 0 Å². The molecule has 1 aliphatic rings. The average molecular weight is 285 g/mol. The molecule has 0 radical (unpaired) electrons. The molecule has 0 amide bonds. The minimum atomic E-state index is -0.145. The lowest BCUT2D eigenvalue weighted by atomic mass is 10.1. The van der Waals surface area contributed by atoms with E-state index in [1.54, 1.807) is 6.07 Å². The van der Waals surface area contributed by atoms with E-state index >= 15 is 0 Å². The van der Waals surface area contributed by atoms with Gasteiger partial charge in [-0.25, -0.2) is 4.39 Å². The molecule has 0 aromatic heterocycles. The van der Waals surface area contributed by atoms with Crippen LogP contribution in [-0.2, 0) is 6.54 Å². The van der Waals surface area contributed by atoms with Gasteiger partial charge >= 0.3 is 0 Å². The third-order valence-corrected chi connectivity index (χ3v) is 4.03. The van der Waals surface area contributed by atoms with Gasteiger partial charge in [-0.3, -0.25) is 0 Å². The van der Waals surface area contributed by atoms with Crippen LogP contribution in [0, 0.1) is 5.82 Å². The van der Waals surface area contributed by atoms with Crippen molar-refractivity contribution in [3.8, 4) is 0 Å². The Morgan fingerprint density at radius 1 is 0.810 bits per heavy atom. The highest BCUT2D eigenvalue weighted by Gasteiger charge is 2.20. The van der Waals surface area contributed by atoms with Crippen LogP contribution in [0.3, 0.4) is 0 Å². The van der Waals surface area contributed by atoms with Crippen LogP contribution in [0.2, 0.25) is 0 Å². The first-order chi connectivity index (χ1) is 10.3. The van der Waals surface area contributed by atoms with Crippen molar-refractivity contribution in [3.63, 3.8) is 0 Å². The van der Waals surface area contributed by atoms with Gasteiger partial charge in [-0.15, -0.1) is 0 Å². The maximum absolute atomic E-state index is 13.8. The molecule has 2 aromatic carbocycles. The molecule has 3 rings (SSSR count). The highest BCUT2D eigenvalue weighted by atomic mass is 19.1. The SMILES string of the molecule is NCc1ccccc1N1CCN(c2ccccc2F)CC1. The molecule has 0 spiro atoms. The largest absolute Gasteiger partial charge is 0.368 e. The Balaban J connectivity index is 1.72. The molecule has 110 valence electrons. The first-order valence-corrected chi connectivity index (χ1v) is 7.32. The zero-order valence-corrected chi connectivity index (χ0v) is 12.0. The standard InChI is InChI=1S/C17H20FN3/c18-15-6-2-4-8-17(15)21-11-9-20(10-12-21)16-7-3-1-5-14(16)13-19/h1-8H,9-13,19H2. The van der Waals surface area contributed by atoms with Gasteiger partial charge in [0.05, 0.1) is 5.69 Å². The summed E-state index contributed by atoms with van der Waals surface area (Å²) < 4.78 is 13.8. The van der Waals surface area contributed by atoms with Crippen molar-refractivity contribution in [3.05, 3.63) is 59.9 Å². The van der Waals surface area contributed by atoms with E-state index in [4.69, 9.17) is 5.73 Å². The fourth-order valence-corrected chi connectivity index (χ4v) is 2.89. The van der Waals surface area contributed by atoms with E-state index in [1.807, 2.05) is 24.3 Å². The molecule has 1 fully saturated rings. The molecule has 0 aliphatic carbocycles. The van der Waals surface area contributed by atoms with Crippen LogP contribution in [0.5, 0.6) is 0 Å². The normalized spacial score (nSPS) is 15.3. The molecule has 4 heteroatoms. The number of nitrogens with two attached hydrogens (primary N) is 1. The van der Waals surface area contributed by atoms with Crippen LogP contribution in [0.25, 0.3) is 0 Å². The lowest BCUT2D eigenvalue weighted by molar-refractivity contribution is 0.597. The summed E-state index contributed by atoms with van der Waals surface area (Å²) in [5, 5.41) is 0. The summed E-state index contributed by atoms with van der Waals surface area (Å²) in [5.41, 5.74) is 8.87. The highest BCUT2D eigenvalue weighted by Crippen LogP contribution is 2.24. The Kier molecular flexibility index (Phi) is 4.06. The van der Waals surface area contributed by atoms with Crippen molar-refractivity contribution in [2.75, 3.05) is 36.0 Å². The topological polar surface area (TPSA) is 32.5 Å². The fourth-order valence-electron chi connectivity index (χ4n) is 2.89. The number of benzene rings is 2. The van der Waals surface area contributed by atoms with Crippen molar-refractivity contribution >= 4 is 11.4 Å². The number of anilines is 2. The second-order valence-corrected chi connectivity index (χ2v) is 5.26. The lowest BCUT2D eigenvalue weighted by Gasteiger charge is -2.38. The molecule has 0 atom stereocenters. The first-order valence-electron chi connectivity index (χ1n) is 7.32. The molecule has 2 N–H and O–H groups in total. The number of piperazine rings is 1. The summed E-state index contributed by atoms with van der Waals surface area (Å²) in [6.07, 6.45) is 0. The number of hydrogen-bond donors (Lipinski definition) is 1. The molecule has 0 unspecified atom stereocenters. The van der Waals surface area contributed by atoms with Crippen molar-refractivity contribution < 1.29 is 4.39 Å². The van der Waals surface area contributed by atoms with E-state index in [1.165, 1.54) is 11.8 Å². The van der Waals surface area contributed by atoms with Gasteiger partial charge < -0.3 is 15.5 Å². The van der Waals surface area contributed by atoms with E-state index < -0.39 is 0 Å². The summed E-state index contributed by atoms with van der Waals surface area (Å²) in [6, 6.07) is 15.2. The van der Waals surface area contributed by atoms with Crippen molar-refractivity contribution in [2.45, 2.75) is 6.54 Å². The van der Waals surface area contributed by atoms with Crippen LogP contribution in [0.1, 0.15) is 5.56 Å². The van der Waals surface area contributed by atoms with Crippen molar-refractivity contribution in [2.24, 2.45) is 5.73 Å². The summed E-state index contributed by atoms with van der Waals surface area (Å²) in [4.78, 5) is 4.44. The molecule has 21 heavy (non-hydrogen) atoms. The summed E-state index contributed by atoms with van der Waals surface area (Å²) in [6.45, 7) is 3.94. The molecular formula is C17H20FN3. The first kappa shape index (κ1) is 13.9. The zero-order chi connectivity index (χ0) is 14.7. The second-order valence-electron chi connectivity index (χ2n) is 5.26. The third kappa shape index (κ3) is 2.85. The van der Waals surface area contributed by atoms with Crippen molar-refractivity contribution in [1.29, 1.82) is 0 Å². The zero-order valence-electron chi connectivity index (χ0n) is 12.0. The maximum Gasteiger partial charge on any atom is 0.146 e. The van der Waals surface area contributed by atoms with Gasteiger partial charge in [0.15, 0.2) is 0 Å². The average Bonchev–Trinajstić information content (AvgIpc) is 2.55. The maximum atomic E-state index is 13.8. The van der Waals surface area contributed by atoms with Gasteiger partial charge in [0.1, 0.15) is 5.82 Å². The van der Waals surface area contributed by atoms with Gasteiger partial charge in [0, 0.05) is 38.4 Å². The van der Waals surface area contributed by atoms with E-state index in [0.29, 0.717) is 12.2 Å². The van der Waals surface area contributed by atoms with Gasteiger partial charge in [-0.05, 0) is 23.8 Å². The quantitative estimate of drug-likeness (QED) is 0.941. The molecular weight excluding hydrogens is 265 g/mol. The van der Waals surface area contributed by atoms with Crippen LogP contribution in [-0.4, -0.2) is 26.2 Å². The van der Waals surface area contributed by atoms with Gasteiger partial charge in [-0.2, -0.15) is 0 Å². The Bertz CT molecular complexity index is 606. The minimum Gasteiger partial charge on any atom is -0.368 e. The number of para-hydroxylation sites is 2. The van der Waals surface area contributed by atoms with Crippen LogP contribution in [0.4, 0.5) is 15.8 Å². The van der Waals surface area contributed by atoms with Gasteiger partial charge in [0.2, 0.25) is 0 Å². The molecule has 0 bridgehead atoms. The number of nitrogens with zero attached hydrogens (tertiary/aromatic N) is 2. The van der Waals surface area contributed by atoms with E-state index in [-0.39, 0.29) is 5.82 Å². The number of halogens is 1. The fraction of sp³-hybridized carbons (Fsp3) is 0.294.